The molecular formula is C13H21N3O3. The lowest BCUT2D eigenvalue weighted by molar-refractivity contribution is 0.0510. The Morgan fingerprint density at radius 1 is 1.58 bits per heavy atom. The molecule has 1 saturated heterocycles. The molecule has 0 radical (unpaired) electrons. The molecule has 1 aromatic heterocycles. The lowest BCUT2D eigenvalue weighted by Gasteiger charge is -2.37. The van der Waals surface area contributed by atoms with E-state index in [1.54, 1.807) is 14.0 Å². The van der Waals surface area contributed by atoms with Crippen molar-refractivity contribution in [3.8, 4) is 0 Å². The van der Waals surface area contributed by atoms with E-state index in [2.05, 4.69) is 15.6 Å². The number of aryl methyl sites for hydroxylation is 1. The van der Waals surface area contributed by atoms with Gasteiger partial charge in [-0.25, -0.2) is 4.98 Å². The number of aromatic nitrogens is 1. The maximum atomic E-state index is 12.0. The Morgan fingerprint density at radius 3 is 2.89 bits per heavy atom. The molecule has 106 valence electrons. The predicted octanol–water partition coefficient (Wildman–Crippen LogP) is 0.729. The van der Waals surface area contributed by atoms with Gasteiger partial charge in [-0.2, -0.15) is 0 Å². The third-order valence-electron chi connectivity index (χ3n) is 3.70. The zero-order valence-corrected chi connectivity index (χ0v) is 11.5. The molecule has 6 nitrogen and oxygen atoms in total. The normalized spacial score (nSPS) is 18.2. The molecule has 0 atom stereocenters. The fourth-order valence-electron chi connectivity index (χ4n) is 2.51. The van der Waals surface area contributed by atoms with Crippen LogP contribution in [0.5, 0.6) is 0 Å². The van der Waals surface area contributed by atoms with Gasteiger partial charge in [-0.15, -0.1) is 0 Å². The van der Waals surface area contributed by atoms with E-state index in [1.165, 1.54) is 6.39 Å². The van der Waals surface area contributed by atoms with Crippen LogP contribution in [0.4, 0.5) is 0 Å². The van der Waals surface area contributed by atoms with E-state index in [0.29, 0.717) is 24.6 Å². The van der Waals surface area contributed by atoms with Crippen LogP contribution in [0.15, 0.2) is 10.8 Å². The number of ether oxygens (including phenoxy) is 1. The Hall–Kier alpha value is -1.40. The Morgan fingerprint density at radius 2 is 2.32 bits per heavy atom. The lowest BCUT2D eigenvalue weighted by atomic mass is 9.79. The molecule has 1 fully saturated rings. The number of hydrogen-bond donors (Lipinski definition) is 2. The molecule has 2 rings (SSSR count). The van der Waals surface area contributed by atoms with Crippen molar-refractivity contribution in [2.24, 2.45) is 5.41 Å². The van der Waals surface area contributed by atoms with E-state index in [1.807, 2.05) is 0 Å². The highest BCUT2D eigenvalue weighted by atomic mass is 16.5. The summed E-state index contributed by atoms with van der Waals surface area (Å²) in [6.45, 7) is 4.92. The van der Waals surface area contributed by atoms with Gasteiger partial charge in [0.05, 0.1) is 6.61 Å². The first-order valence-electron chi connectivity index (χ1n) is 6.55. The van der Waals surface area contributed by atoms with Crippen molar-refractivity contribution < 1.29 is 13.9 Å². The molecule has 0 saturated carbocycles. The fourth-order valence-corrected chi connectivity index (χ4v) is 2.51. The summed E-state index contributed by atoms with van der Waals surface area (Å²) in [6.07, 6.45) is 3.29. The van der Waals surface area contributed by atoms with Crippen molar-refractivity contribution in [1.29, 1.82) is 0 Å². The molecule has 1 aromatic rings. The van der Waals surface area contributed by atoms with Crippen molar-refractivity contribution in [2.75, 3.05) is 33.4 Å². The molecule has 6 heteroatoms. The van der Waals surface area contributed by atoms with E-state index >= 15 is 0 Å². The van der Waals surface area contributed by atoms with Crippen molar-refractivity contribution in [1.82, 2.24) is 15.6 Å². The fraction of sp³-hybridized carbons (Fsp3) is 0.692. The standard InChI is InChI=1S/C13H21N3O3/c1-10-11(16-9-19-10)12(17)15-7-13(8-18-2)3-5-14-6-4-13/h9,14H,3-8H2,1-2H3,(H,15,17). The Balaban J connectivity index is 1.95. The van der Waals surface area contributed by atoms with Crippen LogP contribution in [0.1, 0.15) is 29.1 Å². The van der Waals surface area contributed by atoms with Crippen molar-refractivity contribution in [2.45, 2.75) is 19.8 Å². The summed E-state index contributed by atoms with van der Waals surface area (Å²) in [5.41, 5.74) is 0.384. The van der Waals surface area contributed by atoms with E-state index in [0.717, 1.165) is 25.9 Å². The third-order valence-corrected chi connectivity index (χ3v) is 3.70. The molecule has 0 aromatic carbocycles. The monoisotopic (exact) mass is 267 g/mol. The Kier molecular flexibility index (Phi) is 4.55. The van der Waals surface area contributed by atoms with Crippen LogP contribution < -0.4 is 10.6 Å². The minimum Gasteiger partial charge on any atom is -0.448 e. The molecule has 0 bridgehead atoms. The molecule has 19 heavy (non-hydrogen) atoms. The van der Waals surface area contributed by atoms with Crippen molar-refractivity contribution >= 4 is 5.91 Å². The van der Waals surface area contributed by atoms with E-state index in [9.17, 15) is 4.79 Å². The molecular weight excluding hydrogens is 246 g/mol. The molecule has 1 amide bonds. The summed E-state index contributed by atoms with van der Waals surface area (Å²) < 4.78 is 10.4. The largest absolute Gasteiger partial charge is 0.448 e. The number of hydrogen-bond acceptors (Lipinski definition) is 5. The second-order valence-corrected chi connectivity index (χ2v) is 5.12. The van der Waals surface area contributed by atoms with Gasteiger partial charge in [-0.3, -0.25) is 4.79 Å². The average Bonchev–Trinajstić information content (AvgIpc) is 2.84. The lowest BCUT2D eigenvalue weighted by Crippen LogP contribution is -2.47. The van der Waals surface area contributed by atoms with Gasteiger partial charge in [-0.1, -0.05) is 0 Å². The van der Waals surface area contributed by atoms with E-state index < -0.39 is 0 Å². The summed E-state index contributed by atoms with van der Waals surface area (Å²) in [5.74, 6) is 0.365. The first-order chi connectivity index (χ1) is 9.17. The molecule has 0 spiro atoms. The number of methoxy groups -OCH3 is 1. The maximum Gasteiger partial charge on any atom is 0.273 e. The topological polar surface area (TPSA) is 76.4 Å². The van der Waals surface area contributed by atoms with Crippen LogP contribution in [0, 0.1) is 12.3 Å². The Bertz CT molecular complexity index is 419. The number of oxazole rings is 1. The molecule has 0 unspecified atom stereocenters. The number of carbonyl (C=O) groups excluding carboxylic acids is 1. The summed E-state index contributed by atoms with van der Waals surface area (Å²) in [6, 6.07) is 0. The second-order valence-electron chi connectivity index (χ2n) is 5.12. The molecule has 2 heterocycles. The summed E-state index contributed by atoms with van der Waals surface area (Å²) in [7, 11) is 1.70. The summed E-state index contributed by atoms with van der Waals surface area (Å²) in [4.78, 5) is 16.0. The first kappa shape index (κ1) is 14.0. The molecule has 1 aliphatic rings. The highest BCUT2D eigenvalue weighted by Gasteiger charge is 2.32. The Labute approximate surface area is 112 Å². The van der Waals surface area contributed by atoms with Crippen molar-refractivity contribution in [3.05, 3.63) is 17.8 Å². The van der Waals surface area contributed by atoms with E-state index in [4.69, 9.17) is 9.15 Å². The molecule has 1 aliphatic heterocycles. The first-order valence-corrected chi connectivity index (χ1v) is 6.55. The number of amides is 1. The van der Waals surface area contributed by atoms with Gasteiger partial charge in [0.1, 0.15) is 5.76 Å². The minimum absolute atomic E-state index is 0.0211. The summed E-state index contributed by atoms with van der Waals surface area (Å²) >= 11 is 0. The van der Waals surface area contributed by atoms with Crippen LogP contribution in [-0.2, 0) is 4.74 Å². The molecule has 0 aliphatic carbocycles. The van der Waals surface area contributed by atoms with Gasteiger partial charge < -0.3 is 19.8 Å². The van der Waals surface area contributed by atoms with Crippen LogP contribution in [0.25, 0.3) is 0 Å². The number of rotatable bonds is 5. The summed E-state index contributed by atoms with van der Waals surface area (Å²) in [5, 5.41) is 6.28. The van der Waals surface area contributed by atoms with E-state index in [-0.39, 0.29) is 11.3 Å². The molecule has 2 N–H and O–H groups in total. The van der Waals surface area contributed by atoms with Crippen LogP contribution in [-0.4, -0.2) is 44.2 Å². The van der Waals surface area contributed by atoms with Gasteiger partial charge in [0, 0.05) is 19.1 Å². The highest BCUT2D eigenvalue weighted by molar-refractivity contribution is 5.93. The minimum atomic E-state index is -0.180. The van der Waals surface area contributed by atoms with Gasteiger partial charge in [0.2, 0.25) is 0 Å². The second kappa shape index (κ2) is 6.16. The van der Waals surface area contributed by atoms with Gasteiger partial charge in [0.15, 0.2) is 12.1 Å². The smallest absolute Gasteiger partial charge is 0.273 e. The van der Waals surface area contributed by atoms with Crippen LogP contribution in [0.3, 0.4) is 0 Å². The average molecular weight is 267 g/mol. The quantitative estimate of drug-likeness (QED) is 0.822. The number of carbonyl (C=O) groups is 1. The highest BCUT2D eigenvalue weighted by Crippen LogP contribution is 2.28. The zero-order chi connectivity index (χ0) is 13.7. The van der Waals surface area contributed by atoms with Gasteiger partial charge in [0.25, 0.3) is 5.91 Å². The van der Waals surface area contributed by atoms with Crippen LogP contribution in [0.2, 0.25) is 0 Å². The number of nitrogens with one attached hydrogen (secondary N) is 2. The number of nitrogens with zero attached hydrogens (tertiary/aromatic N) is 1. The van der Waals surface area contributed by atoms with Crippen LogP contribution >= 0.6 is 0 Å². The maximum absolute atomic E-state index is 12.0. The van der Waals surface area contributed by atoms with Gasteiger partial charge >= 0.3 is 0 Å². The third kappa shape index (κ3) is 3.33. The van der Waals surface area contributed by atoms with Crippen molar-refractivity contribution in [3.63, 3.8) is 0 Å². The number of piperidine rings is 1. The SMILES string of the molecule is COCC1(CNC(=O)c2ncoc2C)CCNCC1. The predicted molar refractivity (Wildman–Crippen MR) is 70.0 cm³/mol. The van der Waals surface area contributed by atoms with Gasteiger partial charge in [-0.05, 0) is 32.9 Å². The zero-order valence-electron chi connectivity index (χ0n) is 11.5.